The zero-order valence-electron chi connectivity index (χ0n) is 19.0. The van der Waals surface area contributed by atoms with Gasteiger partial charge >= 0.3 is 0 Å². The fourth-order valence-electron chi connectivity index (χ4n) is 4.76. The van der Waals surface area contributed by atoms with Crippen molar-refractivity contribution in [2.75, 3.05) is 6.61 Å². The van der Waals surface area contributed by atoms with Gasteiger partial charge in [0.1, 0.15) is 6.61 Å². The smallest absolute Gasteiger partial charge is 0.172 e. The lowest BCUT2D eigenvalue weighted by atomic mass is 9.78. The predicted molar refractivity (Wildman–Crippen MR) is 133 cm³/mol. The summed E-state index contributed by atoms with van der Waals surface area (Å²) in [5.41, 5.74) is 4.06. The lowest BCUT2D eigenvalue weighted by Crippen LogP contribution is -2.11. The van der Waals surface area contributed by atoms with E-state index in [9.17, 15) is 4.39 Å². The summed E-state index contributed by atoms with van der Waals surface area (Å²) in [6, 6.07) is 18.9. The minimum Gasteiger partial charge on any atom is -0.486 e. The molecule has 2 heteroatoms. The van der Waals surface area contributed by atoms with Gasteiger partial charge in [-0.1, -0.05) is 66.8 Å². The fourth-order valence-corrected chi connectivity index (χ4v) is 4.76. The van der Waals surface area contributed by atoms with E-state index in [0.717, 1.165) is 18.2 Å². The Labute approximate surface area is 191 Å². The summed E-state index contributed by atoms with van der Waals surface area (Å²) in [6.45, 7) is 6.25. The quantitative estimate of drug-likeness (QED) is 0.329. The molecule has 0 N–H and O–H groups in total. The Balaban J connectivity index is 1.37. The van der Waals surface area contributed by atoms with Gasteiger partial charge in [-0.25, -0.2) is 4.39 Å². The summed E-state index contributed by atoms with van der Waals surface area (Å²) in [4.78, 5) is 0. The largest absolute Gasteiger partial charge is 0.486 e. The van der Waals surface area contributed by atoms with E-state index in [1.807, 2.05) is 37.3 Å². The number of rotatable bonds is 8. The van der Waals surface area contributed by atoms with E-state index in [1.165, 1.54) is 42.4 Å². The van der Waals surface area contributed by atoms with Crippen molar-refractivity contribution in [3.8, 4) is 5.75 Å². The molecule has 0 amide bonds. The Morgan fingerprint density at radius 1 is 0.938 bits per heavy atom. The molecule has 0 aromatic heterocycles. The summed E-state index contributed by atoms with van der Waals surface area (Å²) in [7, 11) is 0. The molecule has 1 aliphatic carbocycles. The maximum absolute atomic E-state index is 14.8. The molecule has 32 heavy (non-hydrogen) atoms. The molecular weight excluding hydrogens is 395 g/mol. The summed E-state index contributed by atoms with van der Waals surface area (Å²) < 4.78 is 20.3. The van der Waals surface area contributed by atoms with E-state index < -0.39 is 0 Å². The van der Waals surface area contributed by atoms with Crippen molar-refractivity contribution in [1.29, 1.82) is 0 Å². The van der Waals surface area contributed by atoms with Crippen LogP contribution >= 0.6 is 0 Å². The molecule has 0 radical (unpaired) electrons. The second-order valence-corrected chi connectivity index (χ2v) is 8.90. The van der Waals surface area contributed by atoms with Gasteiger partial charge in [0.25, 0.3) is 0 Å². The van der Waals surface area contributed by atoms with Crippen LogP contribution in [-0.4, -0.2) is 6.61 Å². The zero-order valence-corrected chi connectivity index (χ0v) is 19.0. The van der Waals surface area contributed by atoms with Crippen LogP contribution in [-0.2, 0) is 12.8 Å². The molecule has 0 aliphatic heterocycles. The van der Waals surface area contributed by atoms with E-state index in [-0.39, 0.29) is 5.82 Å². The molecule has 166 valence electrons. The summed E-state index contributed by atoms with van der Waals surface area (Å²) in [6.07, 6.45) is 12.9. The second-order valence-electron chi connectivity index (χ2n) is 8.90. The lowest BCUT2D eigenvalue weighted by Gasteiger charge is -2.27. The van der Waals surface area contributed by atoms with Crippen molar-refractivity contribution < 1.29 is 9.13 Å². The molecule has 0 atom stereocenters. The van der Waals surface area contributed by atoms with Gasteiger partial charge in [0, 0.05) is 5.39 Å². The van der Waals surface area contributed by atoms with Gasteiger partial charge < -0.3 is 4.74 Å². The van der Waals surface area contributed by atoms with Crippen molar-refractivity contribution in [2.24, 2.45) is 5.92 Å². The fraction of sp³-hybridized carbons (Fsp3) is 0.333. The van der Waals surface area contributed by atoms with E-state index in [0.29, 0.717) is 29.6 Å². The van der Waals surface area contributed by atoms with Gasteiger partial charge in [0.2, 0.25) is 0 Å². The van der Waals surface area contributed by atoms with Gasteiger partial charge in [-0.05, 0) is 85.4 Å². The van der Waals surface area contributed by atoms with Crippen molar-refractivity contribution in [3.63, 3.8) is 0 Å². The maximum Gasteiger partial charge on any atom is 0.172 e. The van der Waals surface area contributed by atoms with Crippen LogP contribution in [0.25, 0.3) is 10.8 Å². The number of benzene rings is 3. The van der Waals surface area contributed by atoms with Gasteiger partial charge in [-0.2, -0.15) is 0 Å². The lowest BCUT2D eigenvalue weighted by molar-refractivity contribution is 0.343. The van der Waals surface area contributed by atoms with Gasteiger partial charge in [-0.15, -0.1) is 6.58 Å². The Kier molecular flexibility index (Phi) is 7.42. The van der Waals surface area contributed by atoms with Crippen LogP contribution in [0.3, 0.4) is 0 Å². The molecule has 1 saturated carbocycles. The minimum absolute atomic E-state index is 0.281. The summed E-state index contributed by atoms with van der Waals surface area (Å²) in [5.74, 6) is 1.43. The van der Waals surface area contributed by atoms with Crippen molar-refractivity contribution in [2.45, 2.75) is 51.4 Å². The highest BCUT2D eigenvalue weighted by Gasteiger charge is 2.20. The molecule has 1 fully saturated rings. The monoisotopic (exact) mass is 428 g/mol. The number of hydrogen-bond acceptors (Lipinski definition) is 1. The maximum atomic E-state index is 14.8. The van der Waals surface area contributed by atoms with Gasteiger partial charge in [-0.3, -0.25) is 0 Å². The molecule has 0 heterocycles. The Morgan fingerprint density at radius 2 is 1.66 bits per heavy atom. The van der Waals surface area contributed by atoms with E-state index in [1.54, 1.807) is 6.07 Å². The highest BCUT2D eigenvalue weighted by Crippen LogP contribution is 2.36. The van der Waals surface area contributed by atoms with E-state index in [2.05, 4.69) is 43.0 Å². The molecule has 0 unspecified atom stereocenters. The molecular formula is C30H33FO. The first-order valence-electron chi connectivity index (χ1n) is 11.8. The molecule has 1 aliphatic rings. The number of ether oxygens (including phenoxy) is 1. The third kappa shape index (κ3) is 5.30. The van der Waals surface area contributed by atoms with Crippen LogP contribution in [0.4, 0.5) is 4.39 Å². The predicted octanol–water partition coefficient (Wildman–Crippen LogP) is 8.18. The van der Waals surface area contributed by atoms with Gasteiger partial charge in [0.15, 0.2) is 11.6 Å². The topological polar surface area (TPSA) is 9.23 Å². The minimum atomic E-state index is -0.281. The standard InChI is InChI=1S/C30H33FO/c1-3-5-20-32-29-19-17-27-21-24(12-18-28(27)30(29)31)7-6-23-10-15-26(16-11-23)25-13-8-22(4-2)9-14-25/h3-5,10-12,15-19,21-22,25H,2,6-9,13-14,20H2,1H3. The average molecular weight is 429 g/mol. The normalized spacial score (nSPS) is 18.8. The summed E-state index contributed by atoms with van der Waals surface area (Å²) in [5, 5.41) is 1.53. The number of aryl methyl sites for hydroxylation is 2. The Hall–Kier alpha value is -2.87. The van der Waals surface area contributed by atoms with Crippen LogP contribution < -0.4 is 4.74 Å². The van der Waals surface area contributed by atoms with E-state index in [4.69, 9.17) is 4.74 Å². The third-order valence-electron chi connectivity index (χ3n) is 6.81. The van der Waals surface area contributed by atoms with Crippen molar-refractivity contribution in [3.05, 3.63) is 102 Å². The molecule has 0 bridgehead atoms. The van der Waals surface area contributed by atoms with Crippen molar-refractivity contribution >= 4 is 10.8 Å². The first-order chi connectivity index (χ1) is 15.7. The first kappa shape index (κ1) is 22.3. The van der Waals surface area contributed by atoms with Crippen LogP contribution in [0.2, 0.25) is 0 Å². The highest BCUT2D eigenvalue weighted by atomic mass is 19.1. The van der Waals surface area contributed by atoms with Crippen LogP contribution in [0.5, 0.6) is 5.75 Å². The SMILES string of the molecule is C=CC1CCC(c2ccc(CCc3ccc4c(F)c(OCC=CC)ccc4c3)cc2)CC1. The summed E-state index contributed by atoms with van der Waals surface area (Å²) >= 11 is 0. The third-order valence-corrected chi connectivity index (χ3v) is 6.81. The molecule has 3 aromatic rings. The molecule has 4 rings (SSSR count). The highest BCUT2D eigenvalue weighted by molar-refractivity contribution is 5.85. The van der Waals surface area contributed by atoms with Crippen LogP contribution in [0, 0.1) is 11.7 Å². The average Bonchev–Trinajstić information content (AvgIpc) is 2.84. The number of halogens is 1. The Morgan fingerprint density at radius 3 is 2.38 bits per heavy atom. The first-order valence-corrected chi connectivity index (χ1v) is 11.8. The van der Waals surface area contributed by atoms with Crippen LogP contribution in [0.1, 0.15) is 55.2 Å². The van der Waals surface area contributed by atoms with E-state index >= 15 is 0 Å². The number of allylic oxidation sites excluding steroid dienone is 2. The number of fused-ring (bicyclic) bond motifs is 1. The van der Waals surface area contributed by atoms with Crippen LogP contribution in [0.15, 0.2) is 79.4 Å². The zero-order chi connectivity index (χ0) is 22.3. The van der Waals surface area contributed by atoms with Crippen molar-refractivity contribution in [1.82, 2.24) is 0 Å². The molecule has 0 spiro atoms. The molecule has 3 aromatic carbocycles. The Bertz CT molecular complexity index is 1070. The van der Waals surface area contributed by atoms with Gasteiger partial charge in [0.05, 0.1) is 0 Å². The molecule has 0 saturated heterocycles. The second kappa shape index (κ2) is 10.6. The number of hydrogen-bond donors (Lipinski definition) is 0. The molecule has 1 nitrogen and oxygen atoms in total.